The predicted molar refractivity (Wildman–Crippen MR) is 102 cm³/mol. The van der Waals surface area contributed by atoms with Crippen molar-refractivity contribution in [2.45, 2.75) is 12.8 Å². The molecule has 2 aliphatic heterocycles. The number of amides is 1. The molecule has 0 unspecified atom stereocenters. The van der Waals surface area contributed by atoms with Gasteiger partial charge in [-0.3, -0.25) is 9.59 Å². The number of hydrogen-bond donors (Lipinski definition) is 1. The van der Waals surface area contributed by atoms with E-state index in [1.54, 1.807) is 24.3 Å². The first kappa shape index (κ1) is 16.4. The molecule has 0 atom stereocenters. The second kappa shape index (κ2) is 7.04. The maximum Gasteiger partial charge on any atom is 0.262 e. The van der Waals surface area contributed by atoms with Crippen molar-refractivity contribution in [1.82, 2.24) is 0 Å². The topological polar surface area (TPSA) is 58.6 Å². The van der Waals surface area contributed by atoms with Crippen LogP contribution < -0.4 is 15.0 Å². The van der Waals surface area contributed by atoms with E-state index in [1.165, 1.54) is 18.5 Å². The van der Waals surface area contributed by atoms with Crippen LogP contribution in [0.4, 0.5) is 11.4 Å². The average Bonchev–Trinajstić information content (AvgIpc) is 3.20. The number of carbonyl (C=O) groups is 2. The largest absolute Gasteiger partial charge is 0.482 e. The fourth-order valence-electron chi connectivity index (χ4n) is 3.28. The summed E-state index contributed by atoms with van der Waals surface area (Å²) in [6.07, 6.45) is 5.87. The lowest BCUT2D eigenvalue weighted by molar-refractivity contribution is -0.118. The Morgan fingerprint density at radius 2 is 1.85 bits per heavy atom. The van der Waals surface area contributed by atoms with E-state index < -0.39 is 0 Å². The Labute approximate surface area is 152 Å². The van der Waals surface area contributed by atoms with E-state index in [-0.39, 0.29) is 18.3 Å². The molecule has 0 bridgehead atoms. The number of carbonyl (C=O) groups excluding carboxylic acids is 2. The van der Waals surface area contributed by atoms with Crippen LogP contribution >= 0.6 is 0 Å². The van der Waals surface area contributed by atoms with Gasteiger partial charge < -0.3 is 15.0 Å². The van der Waals surface area contributed by atoms with Gasteiger partial charge in [-0.1, -0.05) is 18.2 Å². The second-order valence-electron chi connectivity index (χ2n) is 6.53. The van der Waals surface area contributed by atoms with E-state index in [9.17, 15) is 9.59 Å². The molecule has 1 amide bonds. The smallest absolute Gasteiger partial charge is 0.262 e. The van der Waals surface area contributed by atoms with Crippen LogP contribution in [0.15, 0.2) is 48.5 Å². The molecule has 0 spiro atoms. The molecule has 0 aromatic heterocycles. The fourth-order valence-corrected chi connectivity index (χ4v) is 3.28. The lowest BCUT2D eigenvalue weighted by atomic mass is 10.1. The number of fused-ring (bicyclic) bond motifs is 1. The molecule has 2 aromatic rings. The predicted octanol–water partition coefficient (Wildman–Crippen LogP) is 3.51. The van der Waals surface area contributed by atoms with Gasteiger partial charge >= 0.3 is 0 Å². The van der Waals surface area contributed by atoms with Gasteiger partial charge in [-0.05, 0) is 54.8 Å². The normalized spacial score (nSPS) is 16.3. The number of nitrogens with one attached hydrogen (secondary N) is 1. The van der Waals surface area contributed by atoms with Gasteiger partial charge in [0.15, 0.2) is 12.4 Å². The van der Waals surface area contributed by atoms with Crippen molar-refractivity contribution in [3.05, 3.63) is 59.7 Å². The highest BCUT2D eigenvalue weighted by atomic mass is 16.5. The molecule has 5 heteroatoms. The van der Waals surface area contributed by atoms with Gasteiger partial charge in [0.1, 0.15) is 5.75 Å². The lowest BCUT2D eigenvalue weighted by Crippen LogP contribution is -2.25. The zero-order valence-corrected chi connectivity index (χ0v) is 14.4. The highest BCUT2D eigenvalue weighted by Crippen LogP contribution is 2.28. The van der Waals surface area contributed by atoms with Crippen LogP contribution in [0.3, 0.4) is 0 Å². The Kier molecular flexibility index (Phi) is 4.44. The molecule has 1 N–H and O–H groups in total. The standard InChI is InChI=1S/C21H20N2O3/c24-19(16-6-10-20-18(13-16)22-21(25)14-26-20)9-5-15-3-7-17(8-4-15)23-11-1-2-12-23/h3-10,13H,1-2,11-12,14H2,(H,22,25)/b9-5-. The van der Waals surface area contributed by atoms with Crippen molar-refractivity contribution in [3.8, 4) is 5.75 Å². The molecule has 0 saturated carbocycles. The summed E-state index contributed by atoms with van der Waals surface area (Å²) in [5.41, 5.74) is 3.27. The summed E-state index contributed by atoms with van der Waals surface area (Å²) in [6.45, 7) is 2.24. The van der Waals surface area contributed by atoms with Gasteiger partial charge in [-0.25, -0.2) is 0 Å². The van der Waals surface area contributed by atoms with E-state index in [0.717, 1.165) is 18.7 Å². The van der Waals surface area contributed by atoms with Crippen LogP contribution in [0.1, 0.15) is 28.8 Å². The first-order valence-electron chi connectivity index (χ1n) is 8.83. The Hall–Kier alpha value is -3.08. The molecule has 0 aliphatic carbocycles. The van der Waals surface area contributed by atoms with E-state index in [0.29, 0.717) is 17.0 Å². The maximum absolute atomic E-state index is 12.4. The van der Waals surface area contributed by atoms with Gasteiger partial charge in [0, 0.05) is 24.3 Å². The number of hydrogen-bond acceptors (Lipinski definition) is 4. The minimum absolute atomic E-state index is 0.00756. The van der Waals surface area contributed by atoms with Crippen LogP contribution in [-0.4, -0.2) is 31.4 Å². The number of ketones is 1. The van der Waals surface area contributed by atoms with E-state index in [1.807, 2.05) is 18.2 Å². The maximum atomic E-state index is 12.4. The molecule has 2 aliphatic rings. The number of anilines is 2. The lowest BCUT2D eigenvalue weighted by Gasteiger charge is -2.18. The van der Waals surface area contributed by atoms with Crippen molar-refractivity contribution in [3.63, 3.8) is 0 Å². The van der Waals surface area contributed by atoms with Gasteiger partial charge in [0.05, 0.1) is 5.69 Å². The number of rotatable bonds is 4. The summed E-state index contributed by atoms with van der Waals surface area (Å²) in [5, 5.41) is 2.72. The van der Waals surface area contributed by atoms with Gasteiger partial charge in [0.25, 0.3) is 5.91 Å². The SMILES string of the molecule is O=C1COc2ccc(C(=O)/C=C\c3ccc(N4CCCC4)cc3)cc2N1. The third-order valence-corrected chi connectivity index (χ3v) is 4.69. The van der Waals surface area contributed by atoms with Gasteiger partial charge in [-0.2, -0.15) is 0 Å². The molecule has 2 aromatic carbocycles. The third kappa shape index (κ3) is 3.47. The van der Waals surface area contributed by atoms with Crippen LogP contribution in [0, 0.1) is 0 Å². The monoisotopic (exact) mass is 348 g/mol. The summed E-state index contributed by atoms with van der Waals surface area (Å²) >= 11 is 0. The Morgan fingerprint density at radius 1 is 1.08 bits per heavy atom. The summed E-state index contributed by atoms with van der Waals surface area (Å²) in [4.78, 5) is 26.2. The molecule has 1 saturated heterocycles. The Bertz CT molecular complexity index is 865. The van der Waals surface area contributed by atoms with Crippen molar-refractivity contribution in [2.24, 2.45) is 0 Å². The minimum atomic E-state index is -0.212. The zero-order chi connectivity index (χ0) is 17.9. The second-order valence-corrected chi connectivity index (χ2v) is 6.53. The minimum Gasteiger partial charge on any atom is -0.482 e. The third-order valence-electron chi connectivity index (χ3n) is 4.69. The Morgan fingerprint density at radius 3 is 2.62 bits per heavy atom. The summed E-state index contributed by atoms with van der Waals surface area (Å²) in [5.74, 6) is 0.259. The van der Waals surface area contributed by atoms with Crippen molar-refractivity contribution in [2.75, 3.05) is 29.9 Å². The first-order chi connectivity index (χ1) is 12.7. The fraction of sp³-hybridized carbons (Fsp3) is 0.238. The molecule has 5 nitrogen and oxygen atoms in total. The molecule has 26 heavy (non-hydrogen) atoms. The summed E-state index contributed by atoms with van der Waals surface area (Å²) in [6, 6.07) is 13.3. The zero-order valence-electron chi connectivity index (χ0n) is 14.4. The highest BCUT2D eigenvalue weighted by Gasteiger charge is 2.17. The molecule has 0 radical (unpaired) electrons. The summed E-state index contributed by atoms with van der Waals surface area (Å²) in [7, 11) is 0. The van der Waals surface area contributed by atoms with Crippen LogP contribution in [0.25, 0.3) is 6.08 Å². The average molecular weight is 348 g/mol. The molecular weight excluding hydrogens is 328 g/mol. The molecule has 132 valence electrons. The van der Waals surface area contributed by atoms with Crippen LogP contribution in [0.5, 0.6) is 5.75 Å². The van der Waals surface area contributed by atoms with Crippen molar-refractivity contribution >= 4 is 29.1 Å². The quantitative estimate of drug-likeness (QED) is 0.678. The van der Waals surface area contributed by atoms with Gasteiger partial charge in [-0.15, -0.1) is 0 Å². The molecular formula is C21H20N2O3. The van der Waals surface area contributed by atoms with Gasteiger partial charge in [0.2, 0.25) is 0 Å². The van der Waals surface area contributed by atoms with Crippen LogP contribution in [0.2, 0.25) is 0 Å². The van der Waals surface area contributed by atoms with Crippen molar-refractivity contribution < 1.29 is 14.3 Å². The highest BCUT2D eigenvalue weighted by molar-refractivity contribution is 6.08. The summed E-state index contributed by atoms with van der Waals surface area (Å²) < 4.78 is 5.31. The number of nitrogens with zero attached hydrogens (tertiary/aromatic N) is 1. The number of allylic oxidation sites excluding steroid dienone is 1. The van der Waals surface area contributed by atoms with Crippen molar-refractivity contribution in [1.29, 1.82) is 0 Å². The molecule has 2 heterocycles. The first-order valence-corrected chi connectivity index (χ1v) is 8.83. The molecule has 4 rings (SSSR count). The molecule has 1 fully saturated rings. The van der Waals surface area contributed by atoms with E-state index in [2.05, 4.69) is 22.3 Å². The van der Waals surface area contributed by atoms with Crippen LogP contribution in [-0.2, 0) is 4.79 Å². The number of ether oxygens (including phenoxy) is 1. The van der Waals surface area contributed by atoms with E-state index >= 15 is 0 Å². The number of benzene rings is 2. The Balaban J connectivity index is 1.45. The van der Waals surface area contributed by atoms with E-state index in [4.69, 9.17) is 4.74 Å².